The predicted octanol–water partition coefficient (Wildman–Crippen LogP) is 12.7. The van der Waals surface area contributed by atoms with Crippen molar-refractivity contribution in [3.05, 3.63) is 239 Å². The van der Waals surface area contributed by atoms with Gasteiger partial charge in [-0.1, -0.05) is 195 Å². The summed E-state index contributed by atoms with van der Waals surface area (Å²) in [5.41, 5.74) is 14.0. The van der Waals surface area contributed by atoms with Crippen molar-refractivity contribution in [2.45, 2.75) is 24.2 Å². The Morgan fingerprint density at radius 3 is 1.73 bits per heavy atom. The number of para-hydroxylation sites is 2. The van der Waals surface area contributed by atoms with Gasteiger partial charge in [-0.3, -0.25) is 0 Å². The van der Waals surface area contributed by atoms with Crippen molar-refractivity contribution in [1.82, 2.24) is 0 Å². The van der Waals surface area contributed by atoms with E-state index < -0.39 is 10.8 Å². The van der Waals surface area contributed by atoms with Gasteiger partial charge in [-0.2, -0.15) is 0 Å². The first-order valence-corrected chi connectivity index (χ1v) is 18.4. The van der Waals surface area contributed by atoms with Gasteiger partial charge < -0.3 is 4.74 Å². The number of benzene rings is 7. The molecule has 3 aliphatic rings. The maximum absolute atomic E-state index is 7.09. The van der Waals surface area contributed by atoms with Crippen LogP contribution in [0.5, 0.6) is 11.5 Å². The van der Waals surface area contributed by atoms with Crippen LogP contribution in [0.3, 0.4) is 0 Å². The van der Waals surface area contributed by atoms with Crippen LogP contribution in [-0.4, -0.2) is 0 Å². The molecule has 1 nitrogen and oxygen atoms in total. The summed E-state index contributed by atoms with van der Waals surface area (Å²) >= 11 is 0. The molecule has 0 fully saturated rings. The fourth-order valence-electron chi connectivity index (χ4n) is 9.55. The quantitative estimate of drug-likeness (QED) is 0.178. The second-order valence-electron chi connectivity index (χ2n) is 14.4. The van der Waals surface area contributed by atoms with E-state index in [0.717, 1.165) is 40.2 Å². The number of fused-ring (bicyclic) bond motifs is 5. The molecule has 0 bridgehead atoms. The third-order valence-corrected chi connectivity index (χ3v) is 11.7. The molecule has 0 spiro atoms. The number of rotatable bonds is 5. The summed E-state index contributed by atoms with van der Waals surface area (Å²) in [6.07, 6.45) is 7.98. The number of ether oxygens (including phenoxy) is 1. The fraction of sp³-hybridized carbons (Fsp3) is 0.0980. The monoisotopic (exact) mass is 666 g/mol. The van der Waals surface area contributed by atoms with Gasteiger partial charge in [0, 0.05) is 16.7 Å². The van der Waals surface area contributed by atoms with Gasteiger partial charge in [0.1, 0.15) is 11.5 Å². The molecule has 52 heavy (non-hydrogen) atoms. The molecule has 2 unspecified atom stereocenters. The minimum atomic E-state index is -0.571. The summed E-state index contributed by atoms with van der Waals surface area (Å²) in [4.78, 5) is 0. The zero-order chi connectivity index (χ0) is 34.7. The Bertz CT molecular complexity index is 2490. The average molecular weight is 667 g/mol. The van der Waals surface area contributed by atoms with Crippen molar-refractivity contribution >= 4 is 0 Å². The van der Waals surface area contributed by atoms with Crippen LogP contribution in [0.25, 0.3) is 22.3 Å². The van der Waals surface area contributed by atoms with Gasteiger partial charge in [-0.15, -0.1) is 0 Å². The second kappa shape index (κ2) is 12.0. The maximum Gasteiger partial charge on any atom is 0.140 e. The van der Waals surface area contributed by atoms with Crippen molar-refractivity contribution in [3.8, 4) is 33.8 Å². The first kappa shape index (κ1) is 30.6. The van der Waals surface area contributed by atoms with Gasteiger partial charge >= 0.3 is 0 Å². The number of hydrogen-bond acceptors (Lipinski definition) is 1. The van der Waals surface area contributed by atoms with Gasteiger partial charge in [0.25, 0.3) is 0 Å². The molecule has 7 aromatic carbocycles. The van der Waals surface area contributed by atoms with Gasteiger partial charge in [0.05, 0.1) is 10.8 Å². The lowest BCUT2D eigenvalue weighted by atomic mass is 9.63. The summed E-state index contributed by atoms with van der Waals surface area (Å²) in [6.45, 7) is 2.33. The molecule has 1 heterocycles. The van der Waals surface area contributed by atoms with Gasteiger partial charge in [-0.05, 0) is 69.0 Å². The maximum atomic E-state index is 7.09. The summed E-state index contributed by atoms with van der Waals surface area (Å²) in [5.74, 6) is 2.25. The SMILES string of the molecule is CC1C=CC=C(C2(c3ccccc3)c3ccccc3-c3ccc(-c4cccc5c4Oc4ccccc4C5(c4ccccc4)c4ccccc4)cc32)C1. The summed E-state index contributed by atoms with van der Waals surface area (Å²) in [5, 5.41) is 0. The van der Waals surface area contributed by atoms with Crippen LogP contribution < -0.4 is 4.74 Å². The molecule has 0 aromatic heterocycles. The largest absolute Gasteiger partial charge is 0.456 e. The molecule has 248 valence electrons. The van der Waals surface area contributed by atoms with E-state index in [1.807, 2.05) is 0 Å². The Balaban J connectivity index is 1.26. The second-order valence-corrected chi connectivity index (χ2v) is 14.4. The molecule has 2 aliphatic carbocycles. The highest BCUT2D eigenvalue weighted by Crippen LogP contribution is 2.60. The molecule has 0 N–H and O–H groups in total. The Labute approximate surface area is 306 Å². The lowest BCUT2D eigenvalue weighted by Gasteiger charge is -2.42. The van der Waals surface area contributed by atoms with E-state index in [0.29, 0.717) is 5.92 Å². The molecule has 0 saturated carbocycles. The topological polar surface area (TPSA) is 9.23 Å². The molecule has 7 aromatic rings. The standard InChI is InChI=1S/C51H38O/c1-35-17-15-24-40(33-35)51(39-22-9-4-10-23-39)44-27-12-11-25-42(44)43-32-31-36(34-47(43)51)41-26-16-29-46-49(41)52-48-30-14-13-28-45(48)50(46,37-18-5-2-6-19-37)38-20-7-3-8-21-38/h2-32,34-35H,33H2,1H3. The highest BCUT2D eigenvalue weighted by atomic mass is 16.5. The predicted molar refractivity (Wildman–Crippen MR) is 213 cm³/mol. The van der Waals surface area contributed by atoms with Crippen molar-refractivity contribution < 1.29 is 4.74 Å². The molecule has 0 saturated heterocycles. The van der Waals surface area contributed by atoms with Crippen LogP contribution in [0.2, 0.25) is 0 Å². The Kier molecular flexibility index (Phi) is 7.05. The van der Waals surface area contributed by atoms with Crippen LogP contribution >= 0.6 is 0 Å². The van der Waals surface area contributed by atoms with Gasteiger partial charge in [0.2, 0.25) is 0 Å². The first-order chi connectivity index (χ1) is 25.7. The Morgan fingerprint density at radius 2 is 1.04 bits per heavy atom. The minimum absolute atomic E-state index is 0.414. The number of allylic oxidation sites excluding steroid dienone is 4. The van der Waals surface area contributed by atoms with Crippen molar-refractivity contribution in [1.29, 1.82) is 0 Å². The van der Waals surface area contributed by atoms with E-state index in [4.69, 9.17) is 4.74 Å². The minimum Gasteiger partial charge on any atom is -0.456 e. The van der Waals surface area contributed by atoms with Crippen LogP contribution in [0, 0.1) is 5.92 Å². The molecule has 10 rings (SSSR count). The fourth-order valence-corrected chi connectivity index (χ4v) is 9.55. The first-order valence-electron chi connectivity index (χ1n) is 18.4. The average Bonchev–Trinajstić information content (AvgIpc) is 3.51. The van der Waals surface area contributed by atoms with Crippen LogP contribution in [-0.2, 0) is 10.8 Å². The van der Waals surface area contributed by atoms with Gasteiger partial charge in [-0.25, -0.2) is 0 Å². The molecular formula is C51H38O. The summed E-state index contributed by atoms with van der Waals surface area (Å²) in [6, 6.07) is 64.5. The van der Waals surface area contributed by atoms with E-state index in [9.17, 15) is 0 Å². The molecule has 1 heteroatoms. The highest BCUT2D eigenvalue weighted by Gasteiger charge is 2.49. The Morgan fingerprint density at radius 1 is 0.481 bits per heavy atom. The van der Waals surface area contributed by atoms with Crippen LogP contribution in [0.15, 0.2) is 200 Å². The third kappa shape index (κ3) is 4.29. The lowest BCUT2D eigenvalue weighted by molar-refractivity contribution is 0.436. The van der Waals surface area contributed by atoms with E-state index in [-0.39, 0.29) is 0 Å². The number of hydrogen-bond donors (Lipinski definition) is 0. The Hall–Kier alpha value is -6.18. The zero-order valence-corrected chi connectivity index (χ0v) is 29.2. The van der Waals surface area contributed by atoms with Crippen LogP contribution in [0.4, 0.5) is 0 Å². The molecule has 1 aliphatic heterocycles. The smallest absolute Gasteiger partial charge is 0.140 e. The van der Waals surface area contributed by atoms with Crippen molar-refractivity contribution in [2.24, 2.45) is 5.92 Å². The van der Waals surface area contributed by atoms with Crippen molar-refractivity contribution in [3.63, 3.8) is 0 Å². The zero-order valence-electron chi connectivity index (χ0n) is 29.2. The van der Waals surface area contributed by atoms with Gasteiger partial charge in [0.15, 0.2) is 0 Å². The van der Waals surface area contributed by atoms with E-state index in [2.05, 4.69) is 201 Å². The highest BCUT2D eigenvalue weighted by molar-refractivity contribution is 5.89. The van der Waals surface area contributed by atoms with Crippen molar-refractivity contribution in [2.75, 3.05) is 0 Å². The van der Waals surface area contributed by atoms with E-state index >= 15 is 0 Å². The molecule has 2 atom stereocenters. The molecule has 0 amide bonds. The summed E-state index contributed by atoms with van der Waals surface area (Å²) in [7, 11) is 0. The molecular weight excluding hydrogens is 629 g/mol. The lowest BCUT2D eigenvalue weighted by Crippen LogP contribution is -2.34. The van der Waals surface area contributed by atoms with Crippen LogP contribution in [0.1, 0.15) is 52.3 Å². The third-order valence-electron chi connectivity index (χ3n) is 11.7. The van der Waals surface area contributed by atoms with E-state index in [1.54, 1.807) is 0 Å². The normalized spacial score (nSPS) is 19.0. The molecule has 0 radical (unpaired) electrons. The van der Waals surface area contributed by atoms with E-state index in [1.165, 1.54) is 44.5 Å². The summed E-state index contributed by atoms with van der Waals surface area (Å²) < 4.78 is 7.09.